The third-order valence-corrected chi connectivity index (χ3v) is 7.81. The van der Waals surface area contributed by atoms with Crippen LogP contribution in [0.25, 0.3) is 11.3 Å². The van der Waals surface area contributed by atoms with Crippen molar-refractivity contribution in [3.05, 3.63) is 47.3 Å². The van der Waals surface area contributed by atoms with Crippen molar-refractivity contribution in [2.75, 3.05) is 32.2 Å². The lowest BCUT2D eigenvalue weighted by Crippen LogP contribution is -2.36. The molecule has 2 N–H and O–H groups in total. The maximum atomic E-state index is 12.6. The first-order valence-electron chi connectivity index (χ1n) is 13.2. The Kier molecular flexibility index (Phi) is 12.9. The van der Waals surface area contributed by atoms with Gasteiger partial charge in [-0.2, -0.15) is 0 Å². The molecule has 0 aliphatic heterocycles. The van der Waals surface area contributed by atoms with Crippen LogP contribution in [0.4, 0.5) is 15.3 Å². The number of aromatic nitrogens is 2. The van der Waals surface area contributed by atoms with Crippen molar-refractivity contribution in [3.63, 3.8) is 0 Å². The molecular formula is C28H43BrN4O6Si. The van der Waals surface area contributed by atoms with Gasteiger partial charge in [-0.1, -0.05) is 41.6 Å². The molecule has 0 saturated heterocycles. The number of methoxy groups -OCH3 is 1. The maximum absolute atomic E-state index is 12.6. The molecule has 12 heteroatoms. The Morgan fingerprint density at radius 2 is 1.90 bits per heavy atom. The zero-order valence-corrected chi connectivity index (χ0v) is 27.2. The standard InChI is InChI=1S/C28H43BrN4O6Si/c1-9-10-23(32-27(35)39-28(2,3)4)25-31-24(18-33(25)19-37-15-16-40(6,7)8)21-12-11-20(17-22(21)29)30-26(34)38-14-13-36-5/h9,11-12,17-18,23H,1,10,13-16,19H2,2-8H3,(H,30,34)(H,32,35)/t23-/m0/s1. The van der Waals surface area contributed by atoms with E-state index < -0.39 is 31.9 Å². The third kappa shape index (κ3) is 11.8. The summed E-state index contributed by atoms with van der Waals surface area (Å²) in [6, 6.07) is 5.94. The van der Waals surface area contributed by atoms with Gasteiger partial charge in [0.05, 0.1) is 18.3 Å². The number of benzene rings is 1. The normalized spacial score (nSPS) is 12.5. The lowest BCUT2D eigenvalue weighted by Gasteiger charge is -2.23. The molecule has 0 unspecified atom stereocenters. The topological polar surface area (TPSA) is 113 Å². The van der Waals surface area contributed by atoms with E-state index in [0.717, 1.165) is 16.1 Å². The number of hydrogen-bond donors (Lipinski definition) is 2. The largest absolute Gasteiger partial charge is 0.447 e. The van der Waals surface area contributed by atoms with E-state index in [4.69, 9.17) is 23.9 Å². The number of nitrogens with one attached hydrogen (secondary N) is 2. The lowest BCUT2D eigenvalue weighted by atomic mass is 10.1. The number of halogens is 1. The zero-order valence-electron chi connectivity index (χ0n) is 24.6. The molecule has 0 aliphatic rings. The second-order valence-corrected chi connectivity index (χ2v) is 17.9. The monoisotopic (exact) mass is 638 g/mol. The molecular weight excluding hydrogens is 596 g/mol. The number of rotatable bonds is 14. The van der Waals surface area contributed by atoms with Gasteiger partial charge < -0.3 is 28.8 Å². The van der Waals surface area contributed by atoms with E-state index in [0.29, 0.717) is 36.8 Å². The molecule has 40 heavy (non-hydrogen) atoms. The number of ether oxygens (including phenoxy) is 4. The fourth-order valence-corrected chi connectivity index (χ4v) is 4.84. The van der Waals surface area contributed by atoms with Crippen molar-refractivity contribution in [1.82, 2.24) is 14.9 Å². The number of nitrogens with zero attached hydrogens (tertiary/aromatic N) is 2. The van der Waals surface area contributed by atoms with Crippen LogP contribution >= 0.6 is 15.9 Å². The van der Waals surface area contributed by atoms with E-state index in [1.54, 1.807) is 18.2 Å². The summed E-state index contributed by atoms with van der Waals surface area (Å²) >= 11 is 3.60. The molecule has 0 spiro atoms. The quantitative estimate of drug-likeness (QED) is 0.131. The van der Waals surface area contributed by atoms with Crippen LogP contribution in [0.3, 0.4) is 0 Å². The van der Waals surface area contributed by atoms with Crippen LogP contribution in [0.1, 0.15) is 39.1 Å². The maximum Gasteiger partial charge on any atom is 0.411 e. The van der Waals surface area contributed by atoms with Crippen molar-refractivity contribution < 1.29 is 28.5 Å². The minimum absolute atomic E-state index is 0.158. The van der Waals surface area contributed by atoms with E-state index in [-0.39, 0.29) is 13.3 Å². The predicted molar refractivity (Wildman–Crippen MR) is 163 cm³/mol. The van der Waals surface area contributed by atoms with Crippen LogP contribution in [0, 0.1) is 0 Å². The first-order chi connectivity index (χ1) is 18.7. The Hall–Kier alpha value is -2.67. The molecule has 1 aromatic heterocycles. The van der Waals surface area contributed by atoms with Gasteiger partial charge in [0, 0.05) is 43.7 Å². The van der Waals surface area contributed by atoms with Gasteiger partial charge >= 0.3 is 12.2 Å². The summed E-state index contributed by atoms with van der Waals surface area (Å²) in [4.78, 5) is 29.6. The van der Waals surface area contributed by atoms with Crippen molar-refractivity contribution in [2.45, 2.75) is 71.3 Å². The van der Waals surface area contributed by atoms with E-state index in [1.165, 1.54) is 7.11 Å². The van der Waals surface area contributed by atoms with Gasteiger partial charge in [0.2, 0.25) is 0 Å². The molecule has 1 atom stereocenters. The molecule has 2 aromatic rings. The molecule has 1 heterocycles. The predicted octanol–water partition coefficient (Wildman–Crippen LogP) is 6.96. The Balaban J connectivity index is 2.34. The molecule has 0 bridgehead atoms. The average molecular weight is 640 g/mol. The molecule has 10 nitrogen and oxygen atoms in total. The van der Waals surface area contributed by atoms with Gasteiger partial charge in [-0.25, -0.2) is 14.6 Å². The molecule has 0 radical (unpaired) electrons. The fourth-order valence-electron chi connectivity index (χ4n) is 3.50. The molecule has 2 amide bonds. The van der Waals surface area contributed by atoms with E-state index in [9.17, 15) is 9.59 Å². The number of anilines is 1. The summed E-state index contributed by atoms with van der Waals surface area (Å²) < 4.78 is 24.1. The minimum atomic E-state index is -1.26. The van der Waals surface area contributed by atoms with Crippen molar-refractivity contribution in [2.24, 2.45) is 0 Å². The van der Waals surface area contributed by atoms with Crippen LogP contribution in [-0.4, -0.2) is 62.3 Å². The molecule has 0 saturated carbocycles. The lowest BCUT2D eigenvalue weighted by molar-refractivity contribution is 0.0492. The summed E-state index contributed by atoms with van der Waals surface area (Å²) in [5.74, 6) is 0.615. The Bertz CT molecular complexity index is 1140. The Labute approximate surface area is 246 Å². The molecule has 0 aliphatic carbocycles. The first-order valence-corrected chi connectivity index (χ1v) is 17.7. The summed E-state index contributed by atoms with van der Waals surface area (Å²) in [5, 5.41) is 5.63. The molecule has 222 valence electrons. The summed E-state index contributed by atoms with van der Waals surface area (Å²) in [7, 11) is 0.280. The van der Waals surface area contributed by atoms with Gasteiger partial charge in [0.25, 0.3) is 0 Å². The van der Waals surface area contributed by atoms with Gasteiger partial charge in [0.1, 0.15) is 24.8 Å². The van der Waals surface area contributed by atoms with Gasteiger partial charge in [0.15, 0.2) is 0 Å². The zero-order chi connectivity index (χ0) is 29.9. The van der Waals surface area contributed by atoms with E-state index in [2.05, 4.69) is 52.8 Å². The number of hydrogen-bond acceptors (Lipinski definition) is 7. The number of imidazole rings is 1. The SMILES string of the molecule is C=CC[C@H](NC(=O)OC(C)(C)C)c1nc(-c2ccc(NC(=O)OCCOC)cc2Br)cn1COCC[Si](C)(C)C. The highest BCUT2D eigenvalue weighted by atomic mass is 79.9. The second kappa shape index (κ2) is 15.4. The highest BCUT2D eigenvalue weighted by molar-refractivity contribution is 9.10. The number of carbonyl (C=O) groups excluding carboxylic acids is 2. The Morgan fingerprint density at radius 1 is 1.18 bits per heavy atom. The molecule has 2 rings (SSSR count). The number of carbonyl (C=O) groups is 2. The van der Waals surface area contributed by atoms with Crippen LogP contribution in [0.2, 0.25) is 25.7 Å². The summed E-state index contributed by atoms with van der Waals surface area (Å²) in [6.07, 6.45) is 2.96. The van der Waals surface area contributed by atoms with Gasteiger partial charge in [-0.3, -0.25) is 5.32 Å². The van der Waals surface area contributed by atoms with Gasteiger partial charge in [-0.05, 0) is 51.4 Å². The minimum Gasteiger partial charge on any atom is -0.447 e. The van der Waals surface area contributed by atoms with E-state index in [1.807, 2.05) is 37.6 Å². The van der Waals surface area contributed by atoms with Crippen LogP contribution < -0.4 is 10.6 Å². The smallest absolute Gasteiger partial charge is 0.411 e. The number of amides is 2. The highest BCUT2D eigenvalue weighted by Gasteiger charge is 2.25. The number of alkyl carbamates (subject to hydrolysis) is 1. The van der Waals surface area contributed by atoms with Gasteiger partial charge in [-0.15, -0.1) is 6.58 Å². The summed E-state index contributed by atoms with van der Waals surface area (Å²) in [5.41, 5.74) is 1.39. The summed E-state index contributed by atoms with van der Waals surface area (Å²) in [6.45, 7) is 17.6. The van der Waals surface area contributed by atoms with Crippen LogP contribution in [0.15, 0.2) is 41.5 Å². The molecule has 0 fully saturated rings. The van der Waals surface area contributed by atoms with Crippen molar-refractivity contribution in [3.8, 4) is 11.3 Å². The Morgan fingerprint density at radius 3 is 2.50 bits per heavy atom. The highest BCUT2D eigenvalue weighted by Crippen LogP contribution is 2.32. The average Bonchev–Trinajstić information content (AvgIpc) is 3.24. The third-order valence-electron chi connectivity index (χ3n) is 5.45. The second-order valence-electron chi connectivity index (χ2n) is 11.5. The van der Waals surface area contributed by atoms with Crippen molar-refractivity contribution in [1.29, 1.82) is 0 Å². The first kappa shape index (κ1) is 33.5. The van der Waals surface area contributed by atoms with Crippen LogP contribution in [-0.2, 0) is 25.7 Å². The fraction of sp³-hybridized carbons (Fsp3) is 0.536. The van der Waals surface area contributed by atoms with Crippen LogP contribution in [0.5, 0.6) is 0 Å². The molecule has 1 aromatic carbocycles. The van der Waals surface area contributed by atoms with Crippen molar-refractivity contribution >= 4 is 41.9 Å². The van der Waals surface area contributed by atoms with E-state index >= 15 is 0 Å².